The maximum Gasteiger partial charge on any atom is 0.239 e. The zero-order chi connectivity index (χ0) is 19.4. The van der Waals surface area contributed by atoms with E-state index in [1.54, 1.807) is 29.2 Å². The molecule has 0 unspecified atom stereocenters. The van der Waals surface area contributed by atoms with Crippen LogP contribution in [0.4, 0.5) is 13.9 Å². The third-order valence-electron chi connectivity index (χ3n) is 3.90. The number of thiazole rings is 1. The predicted octanol–water partition coefficient (Wildman–Crippen LogP) is 2.84. The zero-order valence-corrected chi connectivity index (χ0v) is 16.7. The van der Waals surface area contributed by atoms with Gasteiger partial charge < -0.3 is 4.90 Å². The number of anilines is 1. The third kappa shape index (κ3) is 5.03. The number of benzene rings is 2. The van der Waals surface area contributed by atoms with E-state index in [2.05, 4.69) is 4.98 Å². The predicted molar refractivity (Wildman–Crippen MR) is 107 cm³/mol. The molecule has 0 spiro atoms. The van der Waals surface area contributed by atoms with Crippen molar-refractivity contribution in [1.82, 2.24) is 4.98 Å². The van der Waals surface area contributed by atoms with Crippen molar-refractivity contribution in [1.29, 1.82) is 0 Å². The molecule has 0 aliphatic rings. The number of para-hydroxylation sites is 1. The minimum atomic E-state index is -0.388. The van der Waals surface area contributed by atoms with Gasteiger partial charge in [-0.3, -0.25) is 9.69 Å². The lowest BCUT2D eigenvalue weighted by Gasteiger charge is -2.20. The van der Waals surface area contributed by atoms with Gasteiger partial charge in [0, 0.05) is 4.90 Å². The van der Waals surface area contributed by atoms with Gasteiger partial charge in [0.2, 0.25) is 5.91 Å². The Kier molecular flexibility index (Phi) is 6.41. The van der Waals surface area contributed by atoms with Crippen molar-refractivity contribution in [3.05, 3.63) is 54.1 Å². The molecule has 3 aromatic rings. The number of amides is 1. The number of fused-ring (bicyclic) bond motifs is 1. The van der Waals surface area contributed by atoms with Crippen molar-refractivity contribution in [3.8, 4) is 0 Å². The summed E-state index contributed by atoms with van der Waals surface area (Å²) in [6.07, 6.45) is 0. The van der Waals surface area contributed by atoms with Gasteiger partial charge in [0.25, 0.3) is 0 Å². The van der Waals surface area contributed by atoms with Gasteiger partial charge >= 0.3 is 0 Å². The van der Waals surface area contributed by atoms with E-state index in [-0.39, 0.29) is 23.3 Å². The monoisotopic (exact) mass is 408 g/mol. The number of nitrogens with one attached hydrogen (secondary N) is 1. The second kappa shape index (κ2) is 8.77. The molecule has 1 amide bonds. The van der Waals surface area contributed by atoms with Crippen molar-refractivity contribution < 1.29 is 18.5 Å². The fourth-order valence-corrected chi connectivity index (χ4v) is 4.23. The van der Waals surface area contributed by atoms with Crippen LogP contribution in [-0.2, 0) is 4.79 Å². The van der Waals surface area contributed by atoms with Crippen LogP contribution < -0.4 is 9.80 Å². The van der Waals surface area contributed by atoms with E-state index in [1.165, 1.54) is 46.2 Å². The summed E-state index contributed by atoms with van der Waals surface area (Å²) < 4.78 is 27.7. The fraction of sp³-hybridized carbons (Fsp3) is 0.263. The van der Waals surface area contributed by atoms with E-state index in [4.69, 9.17) is 0 Å². The molecule has 0 bridgehead atoms. The van der Waals surface area contributed by atoms with E-state index >= 15 is 0 Å². The highest BCUT2D eigenvalue weighted by atomic mass is 32.2. The summed E-state index contributed by atoms with van der Waals surface area (Å²) in [5, 5.41) is 0.501. The third-order valence-corrected chi connectivity index (χ3v) is 5.94. The van der Waals surface area contributed by atoms with Crippen LogP contribution in [0.3, 0.4) is 0 Å². The Bertz CT molecular complexity index is 928. The molecule has 0 saturated carbocycles. The lowest BCUT2D eigenvalue weighted by atomic mass is 10.3. The second-order valence-corrected chi connectivity index (χ2v) is 8.39. The Morgan fingerprint density at radius 3 is 2.59 bits per heavy atom. The Balaban J connectivity index is 1.79. The maximum absolute atomic E-state index is 14.0. The number of carbonyl (C=O) groups excluding carboxylic acids is 1. The first-order valence-electron chi connectivity index (χ1n) is 8.47. The molecule has 8 heteroatoms. The van der Waals surface area contributed by atoms with Crippen LogP contribution in [0, 0.1) is 11.6 Å². The maximum atomic E-state index is 14.0. The van der Waals surface area contributed by atoms with Gasteiger partial charge in [-0.15, -0.1) is 11.8 Å². The normalized spacial score (nSPS) is 11.3. The summed E-state index contributed by atoms with van der Waals surface area (Å²) in [6, 6.07) is 10.8. The summed E-state index contributed by atoms with van der Waals surface area (Å²) >= 11 is 2.65. The van der Waals surface area contributed by atoms with Crippen LogP contribution in [0.2, 0.25) is 0 Å². The van der Waals surface area contributed by atoms with Crippen LogP contribution in [-0.4, -0.2) is 43.8 Å². The summed E-state index contributed by atoms with van der Waals surface area (Å²) in [7, 11) is 4.02. The van der Waals surface area contributed by atoms with E-state index in [0.29, 0.717) is 21.9 Å². The molecule has 4 nitrogen and oxygen atoms in total. The number of hydrogen-bond donors (Lipinski definition) is 1. The molecular formula is C19H20F2N3OS2+. The van der Waals surface area contributed by atoms with Gasteiger partial charge in [-0.25, -0.2) is 13.8 Å². The lowest BCUT2D eigenvalue weighted by Crippen LogP contribution is -3.06. The lowest BCUT2D eigenvalue weighted by molar-refractivity contribution is -0.856. The number of rotatable bonds is 7. The average Bonchev–Trinajstić information content (AvgIpc) is 3.06. The molecule has 142 valence electrons. The highest BCUT2D eigenvalue weighted by Crippen LogP contribution is 2.31. The number of likely N-dealkylation sites (N-methyl/N-ethyl adjacent to an activating group) is 1. The van der Waals surface area contributed by atoms with Crippen molar-refractivity contribution in [3.63, 3.8) is 0 Å². The van der Waals surface area contributed by atoms with Crippen molar-refractivity contribution in [2.24, 2.45) is 0 Å². The first-order valence-corrected chi connectivity index (χ1v) is 10.3. The van der Waals surface area contributed by atoms with E-state index in [1.807, 2.05) is 14.1 Å². The Hall–Kier alpha value is -2.03. The number of thioether (sulfide) groups is 1. The molecule has 2 aromatic carbocycles. The number of halogens is 2. The number of nitrogens with zero attached hydrogens (tertiary/aromatic N) is 2. The molecule has 0 fully saturated rings. The summed E-state index contributed by atoms with van der Waals surface area (Å²) in [4.78, 5) is 20.8. The SMILES string of the molecule is C[NH+](C)CCN(C(=O)CSc1ccc(F)cc1)c1nc2c(F)cccc2s1. The largest absolute Gasteiger partial charge is 0.338 e. The Morgan fingerprint density at radius 2 is 1.93 bits per heavy atom. The van der Waals surface area contributed by atoms with Gasteiger partial charge in [-0.05, 0) is 36.4 Å². The molecule has 1 N–H and O–H groups in total. The molecule has 0 aliphatic carbocycles. The first-order chi connectivity index (χ1) is 12.9. The van der Waals surface area contributed by atoms with Gasteiger partial charge in [0.15, 0.2) is 5.13 Å². The number of aromatic nitrogens is 1. The van der Waals surface area contributed by atoms with Crippen molar-refractivity contribution in [2.45, 2.75) is 4.90 Å². The minimum Gasteiger partial charge on any atom is -0.338 e. The standard InChI is InChI=1S/C19H19F2N3OS2/c1-23(2)10-11-24(17(25)12-26-14-8-6-13(20)7-9-14)19-22-18-15(21)4-3-5-16(18)27-19/h3-9H,10-12H2,1-2H3/p+1. The number of carbonyl (C=O) groups is 1. The zero-order valence-electron chi connectivity index (χ0n) is 15.0. The van der Waals surface area contributed by atoms with Gasteiger partial charge in [-0.1, -0.05) is 17.4 Å². The fourth-order valence-electron chi connectivity index (χ4n) is 2.43. The molecule has 0 atom stereocenters. The average molecular weight is 409 g/mol. The quantitative estimate of drug-likeness (QED) is 0.611. The van der Waals surface area contributed by atoms with Crippen molar-refractivity contribution in [2.75, 3.05) is 37.8 Å². The highest BCUT2D eigenvalue weighted by Gasteiger charge is 2.21. The Labute approximate surface area is 164 Å². The molecule has 1 heterocycles. The van der Waals surface area contributed by atoms with Crippen LogP contribution in [0.5, 0.6) is 0 Å². The molecule has 3 rings (SSSR count). The topological polar surface area (TPSA) is 37.6 Å². The molecule has 0 radical (unpaired) electrons. The summed E-state index contributed by atoms with van der Waals surface area (Å²) in [5.41, 5.74) is 0.290. The van der Waals surface area contributed by atoms with Crippen LogP contribution in [0.15, 0.2) is 47.4 Å². The summed E-state index contributed by atoms with van der Waals surface area (Å²) in [5.74, 6) is -0.601. The second-order valence-electron chi connectivity index (χ2n) is 6.33. The molecule has 0 aliphatic heterocycles. The highest BCUT2D eigenvalue weighted by molar-refractivity contribution is 8.00. The molecule has 1 aromatic heterocycles. The molecule has 27 heavy (non-hydrogen) atoms. The van der Waals surface area contributed by atoms with Gasteiger partial charge in [0.05, 0.1) is 37.6 Å². The van der Waals surface area contributed by atoms with Crippen LogP contribution in [0.25, 0.3) is 10.2 Å². The van der Waals surface area contributed by atoms with E-state index < -0.39 is 0 Å². The van der Waals surface area contributed by atoms with Crippen LogP contribution >= 0.6 is 23.1 Å². The van der Waals surface area contributed by atoms with E-state index in [0.717, 1.165) is 11.4 Å². The van der Waals surface area contributed by atoms with Gasteiger partial charge in [-0.2, -0.15) is 0 Å². The van der Waals surface area contributed by atoms with Gasteiger partial charge in [0.1, 0.15) is 17.2 Å². The number of quaternary nitrogens is 1. The van der Waals surface area contributed by atoms with Crippen molar-refractivity contribution >= 4 is 44.4 Å². The van der Waals surface area contributed by atoms with E-state index in [9.17, 15) is 13.6 Å². The van der Waals surface area contributed by atoms with Crippen LogP contribution in [0.1, 0.15) is 0 Å². The smallest absolute Gasteiger partial charge is 0.239 e. The first kappa shape index (κ1) is 19.7. The molecular weight excluding hydrogens is 388 g/mol. The number of hydrogen-bond acceptors (Lipinski definition) is 4. The Morgan fingerprint density at radius 1 is 1.19 bits per heavy atom. The summed E-state index contributed by atoms with van der Waals surface area (Å²) in [6.45, 7) is 1.23. The minimum absolute atomic E-state index is 0.106. The molecule has 0 saturated heterocycles.